The van der Waals surface area contributed by atoms with Crippen LogP contribution in [0.25, 0.3) is 6.08 Å². The number of hydrogen-bond acceptors (Lipinski definition) is 3. The zero-order valence-electron chi connectivity index (χ0n) is 14.1. The van der Waals surface area contributed by atoms with E-state index in [1.54, 1.807) is 6.08 Å². The van der Waals surface area contributed by atoms with Crippen molar-refractivity contribution in [1.82, 2.24) is 5.32 Å². The highest BCUT2D eigenvalue weighted by Crippen LogP contribution is 2.22. The van der Waals surface area contributed by atoms with Crippen LogP contribution in [0.4, 0.5) is 5.69 Å². The van der Waals surface area contributed by atoms with Gasteiger partial charge in [-0.25, -0.2) is 0 Å². The van der Waals surface area contributed by atoms with Crippen LogP contribution in [0.3, 0.4) is 0 Å². The molecule has 1 fully saturated rings. The Kier molecular flexibility index (Phi) is 4.76. The molecule has 0 aromatic heterocycles. The minimum Gasteiger partial charge on any atom is -0.298 e. The van der Waals surface area contributed by atoms with E-state index in [9.17, 15) is 9.59 Å². The highest BCUT2D eigenvalue weighted by atomic mass is 32.1. The lowest BCUT2D eigenvalue weighted by molar-refractivity contribution is -0.122. The van der Waals surface area contributed by atoms with Crippen LogP contribution in [0, 0.1) is 6.92 Å². The number of hydrogen-bond donors (Lipinski definition) is 1. The second kappa shape index (κ2) is 6.99. The fourth-order valence-corrected chi connectivity index (χ4v) is 2.88. The second-order valence-corrected chi connectivity index (χ2v) is 6.28. The summed E-state index contributed by atoms with van der Waals surface area (Å²) >= 11 is 5.21. The lowest BCUT2D eigenvalue weighted by atomic mass is 10.1. The number of amides is 2. The first-order chi connectivity index (χ1) is 12.0. The second-order valence-electron chi connectivity index (χ2n) is 5.89. The molecule has 1 aliphatic heterocycles. The molecule has 0 spiro atoms. The van der Waals surface area contributed by atoms with Gasteiger partial charge in [-0.2, -0.15) is 0 Å². The Labute approximate surface area is 152 Å². The zero-order valence-corrected chi connectivity index (χ0v) is 14.9. The molecule has 126 valence electrons. The predicted molar refractivity (Wildman–Crippen MR) is 103 cm³/mol. The van der Waals surface area contributed by atoms with Crippen molar-refractivity contribution in [3.05, 3.63) is 70.8 Å². The zero-order chi connectivity index (χ0) is 18.0. The SMILES string of the molecule is CCc1ccc(N2C(=O)/C(=C/c3ccc(C)cc3)C(=O)NC2=S)cc1. The van der Waals surface area contributed by atoms with Crippen molar-refractivity contribution in [2.45, 2.75) is 20.3 Å². The Bertz CT molecular complexity index is 868. The smallest absolute Gasteiger partial charge is 0.270 e. The Morgan fingerprint density at radius 3 is 2.28 bits per heavy atom. The molecule has 1 aliphatic rings. The fraction of sp³-hybridized carbons (Fsp3) is 0.150. The largest absolute Gasteiger partial charge is 0.298 e. The maximum Gasteiger partial charge on any atom is 0.270 e. The number of benzene rings is 2. The van der Waals surface area contributed by atoms with Crippen LogP contribution in [-0.4, -0.2) is 16.9 Å². The molecule has 0 bridgehead atoms. The third-order valence-corrected chi connectivity index (χ3v) is 4.38. The number of thiocarbonyl (C=S) groups is 1. The number of rotatable bonds is 3. The minimum atomic E-state index is -0.475. The number of nitrogens with one attached hydrogen (secondary N) is 1. The molecule has 0 aliphatic carbocycles. The number of aryl methyl sites for hydroxylation is 2. The van der Waals surface area contributed by atoms with Crippen molar-refractivity contribution in [2.24, 2.45) is 0 Å². The molecule has 2 amide bonds. The van der Waals surface area contributed by atoms with Gasteiger partial charge in [0.1, 0.15) is 5.57 Å². The van der Waals surface area contributed by atoms with E-state index in [1.807, 2.05) is 55.5 Å². The summed E-state index contributed by atoms with van der Waals surface area (Å²) in [6.45, 7) is 4.05. The van der Waals surface area contributed by atoms with Gasteiger partial charge in [0.05, 0.1) is 5.69 Å². The van der Waals surface area contributed by atoms with Gasteiger partial charge in [0.15, 0.2) is 5.11 Å². The lowest BCUT2D eigenvalue weighted by Gasteiger charge is -2.29. The summed E-state index contributed by atoms with van der Waals surface area (Å²) in [5.41, 5.74) is 3.77. The molecule has 4 nitrogen and oxygen atoms in total. The fourth-order valence-electron chi connectivity index (χ4n) is 2.60. The summed E-state index contributed by atoms with van der Waals surface area (Å²) in [5, 5.41) is 2.70. The van der Waals surface area contributed by atoms with Crippen molar-refractivity contribution in [3.8, 4) is 0 Å². The lowest BCUT2D eigenvalue weighted by Crippen LogP contribution is -2.54. The average Bonchev–Trinajstić information content (AvgIpc) is 2.60. The third-order valence-electron chi connectivity index (χ3n) is 4.09. The molecule has 1 heterocycles. The van der Waals surface area contributed by atoms with Crippen LogP contribution < -0.4 is 10.2 Å². The molecule has 1 saturated heterocycles. The standard InChI is InChI=1S/C20H18N2O2S/c1-3-14-8-10-16(11-9-14)22-19(24)17(18(23)21-20(22)25)12-15-6-4-13(2)5-7-15/h4-12H,3H2,1-2H3,(H,21,23,25)/b17-12+. The van der Waals surface area contributed by atoms with Gasteiger partial charge in [-0.3, -0.25) is 19.8 Å². The van der Waals surface area contributed by atoms with Gasteiger partial charge in [-0.05, 0) is 54.9 Å². The van der Waals surface area contributed by atoms with Gasteiger partial charge in [0.25, 0.3) is 11.8 Å². The first-order valence-electron chi connectivity index (χ1n) is 8.06. The van der Waals surface area contributed by atoms with Gasteiger partial charge in [0, 0.05) is 0 Å². The van der Waals surface area contributed by atoms with Crippen molar-refractivity contribution in [2.75, 3.05) is 4.90 Å². The van der Waals surface area contributed by atoms with Crippen LogP contribution in [0.15, 0.2) is 54.1 Å². The number of nitrogens with zero attached hydrogens (tertiary/aromatic N) is 1. The number of carbonyl (C=O) groups excluding carboxylic acids is 2. The van der Waals surface area contributed by atoms with E-state index in [2.05, 4.69) is 12.2 Å². The minimum absolute atomic E-state index is 0.0667. The summed E-state index contributed by atoms with van der Waals surface area (Å²) < 4.78 is 0. The van der Waals surface area contributed by atoms with E-state index in [4.69, 9.17) is 12.2 Å². The quantitative estimate of drug-likeness (QED) is 0.524. The Morgan fingerprint density at radius 1 is 1.04 bits per heavy atom. The van der Waals surface area contributed by atoms with Crippen LogP contribution in [-0.2, 0) is 16.0 Å². The Hall–Kier alpha value is -2.79. The monoisotopic (exact) mass is 350 g/mol. The van der Waals surface area contributed by atoms with E-state index in [0.29, 0.717) is 5.69 Å². The van der Waals surface area contributed by atoms with E-state index < -0.39 is 11.8 Å². The Morgan fingerprint density at radius 2 is 1.68 bits per heavy atom. The normalized spacial score (nSPS) is 16.3. The highest BCUT2D eigenvalue weighted by molar-refractivity contribution is 7.80. The van der Waals surface area contributed by atoms with Gasteiger partial charge in [-0.1, -0.05) is 48.9 Å². The van der Waals surface area contributed by atoms with Crippen LogP contribution in [0.2, 0.25) is 0 Å². The summed E-state index contributed by atoms with van der Waals surface area (Å²) in [7, 11) is 0. The molecule has 2 aromatic carbocycles. The molecular weight excluding hydrogens is 332 g/mol. The first-order valence-corrected chi connectivity index (χ1v) is 8.47. The topological polar surface area (TPSA) is 49.4 Å². The van der Waals surface area contributed by atoms with Crippen LogP contribution in [0.5, 0.6) is 0 Å². The maximum absolute atomic E-state index is 12.9. The molecule has 1 N–H and O–H groups in total. The average molecular weight is 350 g/mol. The first kappa shape index (κ1) is 17.0. The van der Waals surface area contributed by atoms with Crippen molar-refractivity contribution in [3.63, 3.8) is 0 Å². The van der Waals surface area contributed by atoms with Gasteiger partial charge in [0.2, 0.25) is 0 Å². The summed E-state index contributed by atoms with van der Waals surface area (Å²) in [5.74, 6) is -0.893. The van der Waals surface area contributed by atoms with Crippen molar-refractivity contribution >= 4 is 40.9 Å². The predicted octanol–water partition coefficient (Wildman–Crippen LogP) is 3.39. The summed E-state index contributed by atoms with van der Waals surface area (Å²) in [6.07, 6.45) is 2.50. The maximum atomic E-state index is 12.9. The van der Waals surface area contributed by atoms with E-state index >= 15 is 0 Å². The molecule has 25 heavy (non-hydrogen) atoms. The van der Waals surface area contributed by atoms with Crippen LogP contribution in [0.1, 0.15) is 23.6 Å². The third kappa shape index (κ3) is 3.51. The van der Waals surface area contributed by atoms with E-state index in [1.165, 1.54) is 10.5 Å². The molecule has 5 heteroatoms. The van der Waals surface area contributed by atoms with Crippen LogP contribution >= 0.6 is 12.2 Å². The van der Waals surface area contributed by atoms with Crippen molar-refractivity contribution in [1.29, 1.82) is 0 Å². The molecule has 0 unspecified atom stereocenters. The van der Waals surface area contributed by atoms with Crippen molar-refractivity contribution < 1.29 is 9.59 Å². The van der Waals surface area contributed by atoms with E-state index in [0.717, 1.165) is 17.5 Å². The molecular formula is C20H18N2O2S. The molecule has 3 rings (SSSR count). The highest BCUT2D eigenvalue weighted by Gasteiger charge is 2.34. The number of carbonyl (C=O) groups is 2. The van der Waals surface area contributed by atoms with E-state index in [-0.39, 0.29) is 10.7 Å². The van der Waals surface area contributed by atoms with Gasteiger partial charge >= 0.3 is 0 Å². The molecule has 2 aromatic rings. The van der Waals surface area contributed by atoms with Gasteiger partial charge < -0.3 is 0 Å². The summed E-state index contributed by atoms with van der Waals surface area (Å²) in [4.78, 5) is 26.5. The molecule has 0 radical (unpaired) electrons. The summed E-state index contributed by atoms with van der Waals surface area (Å²) in [6, 6.07) is 15.2. The number of anilines is 1. The Balaban J connectivity index is 1.97. The molecule has 0 atom stereocenters. The molecule has 0 saturated carbocycles. The van der Waals surface area contributed by atoms with Gasteiger partial charge in [-0.15, -0.1) is 0 Å².